The summed E-state index contributed by atoms with van der Waals surface area (Å²) < 4.78 is 12.8. The first-order chi connectivity index (χ1) is 13.8. The molecule has 29 heavy (non-hydrogen) atoms. The second-order valence-corrected chi connectivity index (χ2v) is 8.55. The molecule has 0 spiro atoms. The Labute approximate surface area is 173 Å². The van der Waals surface area contributed by atoms with E-state index in [9.17, 15) is 4.79 Å². The van der Waals surface area contributed by atoms with E-state index in [1.807, 2.05) is 49.7 Å². The van der Waals surface area contributed by atoms with E-state index < -0.39 is 5.41 Å². The number of ether oxygens (including phenoxy) is 2. The Morgan fingerprint density at radius 2 is 1.90 bits per heavy atom. The summed E-state index contributed by atoms with van der Waals surface area (Å²) >= 11 is 0. The van der Waals surface area contributed by atoms with E-state index in [1.54, 1.807) is 20.4 Å². The number of methoxy groups -OCH3 is 2. The molecule has 0 saturated carbocycles. The number of anilines is 1. The zero-order valence-electron chi connectivity index (χ0n) is 18.1. The van der Waals surface area contributed by atoms with Gasteiger partial charge in [0, 0.05) is 36.7 Å². The summed E-state index contributed by atoms with van der Waals surface area (Å²) in [6.45, 7) is 8.46. The first-order valence-corrected chi connectivity index (χ1v) is 10.1. The number of carbonyl (C=O) groups excluding carboxylic acids is 1. The highest BCUT2D eigenvalue weighted by atomic mass is 16.5. The number of piperidine rings is 1. The molecule has 1 saturated heterocycles. The maximum atomic E-state index is 12.4. The summed E-state index contributed by atoms with van der Waals surface area (Å²) in [6, 6.07) is 8.06. The molecule has 0 unspecified atom stereocenters. The number of nitrogens with zero attached hydrogens (tertiary/aromatic N) is 3. The van der Waals surface area contributed by atoms with E-state index in [4.69, 9.17) is 9.47 Å². The molecule has 7 nitrogen and oxygen atoms in total. The van der Waals surface area contributed by atoms with Crippen LogP contribution in [0.25, 0.3) is 0 Å². The molecule has 0 radical (unpaired) electrons. The number of aromatic nitrogens is 2. The number of benzene rings is 1. The number of amides is 1. The molecule has 0 bridgehead atoms. The van der Waals surface area contributed by atoms with Crippen LogP contribution in [0.5, 0.6) is 11.5 Å². The highest BCUT2D eigenvalue weighted by molar-refractivity contribution is 5.93. The van der Waals surface area contributed by atoms with Crippen molar-refractivity contribution < 1.29 is 14.3 Å². The fourth-order valence-corrected chi connectivity index (χ4v) is 3.58. The molecule has 1 aromatic carbocycles. The van der Waals surface area contributed by atoms with Gasteiger partial charge >= 0.3 is 0 Å². The van der Waals surface area contributed by atoms with E-state index in [2.05, 4.69) is 15.3 Å². The van der Waals surface area contributed by atoms with Crippen LogP contribution in [0.2, 0.25) is 0 Å². The Morgan fingerprint density at radius 3 is 2.52 bits per heavy atom. The van der Waals surface area contributed by atoms with E-state index in [0.717, 1.165) is 55.4 Å². The van der Waals surface area contributed by atoms with Gasteiger partial charge in [-0.1, -0.05) is 20.8 Å². The van der Waals surface area contributed by atoms with Gasteiger partial charge in [-0.15, -0.1) is 0 Å². The Morgan fingerprint density at radius 1 is 1.17 bits per heavy atom. The molecule has 1 aromatic heterocycles. The van der Waals surface area contributed by atoms with Crippen molar-refractivity contribution in [3.8, 4) is 11.5 Å². The molecule has 1 amide bonds. The molecule has 2 aromatic rings. The summed E-state index contributed by atoms with van der Waals surface area (Å²) in [5.74, 6) is 2.50. The van der Waals surface area contributed by atoms with Gasteiger partial charge in [0.25, 0.3) is 0 Å². The number of carbonyl (C=O) groups is 1. The van der Waals surface area contributed by atoms with Crippen molar-refractivity contribution in [1.82, 2.24) is 14.7 Å². The van der Waals surface area contributed by atoms with Crippen molar-refractivity contribution in [3.63, 3.8) is 0 Å². The van der Waals surface area contributed by atoms with Crippen molar-refractivity contribution in [2.75, 3.05) is 32.6 Å². The van der Waals surface area contributed by atoms with Gasteiger partial charge in [0.2, 0.25) is 5.91 Å². The predicted octanol–water partition coefficient (Wildman–Crippen LogP) is 3.72. The lowest BCUT2D eigenvalue weighted by atomic mass is 9.96. The van der Waals surface area contributed by atoms with Gasteiger partial charge in [0.1, 0.15) is 17.3 Å². The molecule has 3 rings (SSSR count). The number of rotatable bonds is 6. The van der Waals surface area contributed by atoms with Crippen molar-refractivity contribution >= 4 is 11.7 Å². The van der Waals surface area contributed by atoms with Gasteiger partial charge in [-0.05, 0) is 31.0 Å². The Kier molecular flexibility index (Phi) is 6.47. The maximum absolute atomic E-state index is 12.4. The summed E-state index contributed by atoms with van der Waals surface area (Å²) in [7, 11) is 3.37. The molecular weight excluding hydrogens is 368 g/mol. The molecule has 1 fully saturated rings. The minimum absolute atomic E-state index is 0.00167. The molecule has 7 heteroatoms. The molecule has 1 aliphatic heterocycles. The van der Waals surface area contributed by atoms with Gasteiger partial charge in [0.15, 0.2) is 0 Å². The van der Waals surface area contributed by atoms with E-state index in [1.165, 1.54) is 0 Å². The SMILES string of the molecule is COc1ccc(OC)c(CN2CCC(n3nccc3NC(=O)C(C)(C)C)CC2)c1. The highest BCUT2D eigenvalue weighted by Crippen LogP contribution is 2.30. The molecule has 158 valence electrons. The average molecular weight is 401 g/mol. The predicted molar refractivity (Wildman–Crippen MR) is 113 cm³/mol. The summed E-state index contributed by atoms with van der Waals surface area (Å²) in [5, 5.41) is 7.51. The lowest BCUT2D eigenvalue weighted by Gasteiger charge is -2.33. The fraction of sp³-hybridized carbons (Fsp3) is 0.545. The van der Waals surface area contributed by atoms with Crippen molar-refractivity contribution in [1.29, 1.82) is 0 Å². The first-order valence-electron chi connectivity index (χ1n) is 10.1. The van der Waals surface area contributed by atoms with Crippen LogP contribution in [0.3, 0.4) is 0 Å². The van der Waals surface area contributed by atoms with Gasteiger partial charge in [0.05, 0.1) is 26.5 Å². The van der Waals surface area contributed by atoms with Crippen LogP contribution in [0, 0.1) is 5.41 Å². The third-order valence-electron chi connectivity index (χ3n) is 5.38. The maximum Gasteiger partial charge on any atom is 0.230 e. The molecule has 2 heterocycles. The standard InChI is InChI=1S/C22H32N4O3/c1-22(2,3)21(27)24-20-8-11-23-26(20)17-9-12-25(13-10-17)15-16-14-18(28-4)6-7-19(16)29-5/h6-8,11,14,17H,9-10,12-13,15H2,1-5H3,(H,24,27). The van der Waals surface area contributed by atoms with Gasteiger partial charge in [-0.25, -0.2) is 4.68 Å². The zero-order chi connectivity index (χ0) is 21.0. The van der Waals surface area contributed by atoms with Crippen LogP contribution in [0.15, 0.2) is 30.5 Å². The van der Waals surface area contributed by atoms with Gasteiger partial charge in [-0.2, -0.15) is 5.10 Å². The minimum atomic E-state index is -0.436. The number of hydrogen-bond acceptors (Lipinski definition) is 5. The Balaban J connectivity index is 1.62. The Hall–Kier alpha value is -2.54. The lowest BCUT2D eigenvalue weighted by Crippen LogP contribution is -2.35. The lowest BCUT2D eigenvalue weighted by molar-refractivity contribution is -0.123. The molecule has 0 atom stereocenters. The van der Waals surface area contributed by atoms with Crippen molar-refractivity contribution in [2.24, 2.45) is 5.41 Å². The minimum Gasteiger partial charge on any atom is -0.497 e. The molecule has 0 aliphatic carbocycles. The number of nitrogens with one attached hydrogen (secondary N) is 1. The second-order valence-electron chi connectivity index (χ2n) is 8.55. The van der Waals surface area contributed by atoms with Crippen LogP contribution in [-0.2, 0) is 11.3 Å². The normalized spacial score (nSPS) is 15.9. The molecule has 1 N–H and O–H groups in total. The summed E-state index contributed by atoms with van der Waals surface area (Å²) in [5.41, 5.74) is 0.691. The monoisotopic (exact) mass is 400 g/mol. The largest absolute Gasteiger partial charge is 0.497 e. The van der Waals surface area contributed by atoms with Crippen LogP contribution in [-0.4, -0.2) is 47.9 Å². The van der Waals surface area contributed by atoms with Crippen LogP contribution in [0.1, 0.15) is 45.2 Å². The first kappa shape index (κ1) is 21.2. The quantitative estimate of drug-likeness (QED) is 0.800. The third kappa shape index (κ3) is 5.09. The van der Waals surface area contributed by atoms with Crippen LogP contribution < -0.4 is 14.8 Å². The van der Waals surface area contributed by atoms with Gasteiger partial charge < -0.3 is 14.8 Å². The summed E-state index contributed by atoms with van der Waals surface area (Å²) in [4.78, 5) is 14.8. The second kappa shape index (κ2) is 8.86. The van der Waals surface area contributed by atoms with Crippen molar-refractivity contribution in [2.45, 2.75) is 46.2 Å². The third-order valence-corrected chi connectivity index (χ3v) is 5.38. The Bertz CT molecular complexity index is 833. The van der Waals surface area contributed by atoms with Gasteiger partial charge in [-0.3, -0.25) is 9.69 Å². The summed E-state index contributed by atoms with van der Waals surface area (Å²) in [6.07, 6.45) is 3.71. The van der Waals surface area contributed by atoms with E-state index in [-0.39, 0.29) is 11.9 Å². The topological polar surface area (TPSA) is 68.6 Å². The number of hydrogen-bond donors (Lipinski definition) is 1. The highest BCUT2D eigenvalue weighted by Gasteiger charge is 2.26. The van der Waals surface area contributed by atoms with Crippen LogP contribution in [0.4, 0.5) is 5.82 Å². The molecule has 1 aliphatic rings. The zero-order valence-corrected chi connectivity index (χ0v) is 18.1. The van der Waals surface area contributed by atoms with Crippen LogP contribution >= 0.6 is 0 Å². The van der Waals surface area contributed by atoms with E-state index >= 15 is 0 Å². The van der Waals surface area contributed by atoms with E-state index in [0.29, 0.717) is 0 Å². The number of likely N-dealkylation sites (tertiary alicyclic amines) is 1. The molecular formula is C22H32N4O3. The fourth-order valence-electron chi connectivity index (χ4n) is 3.58. The van der Waals surface area contributed by atoms with Crippen molar-refractivity contribution in [3.05, 3.63) is 36.0 Å². The smallest absolute Gasteiger partial charge is 0.230 e. The average Bonchev–Trinajstić information content (AvgIpc) is 3.16.